The van der Waals surface area contributed by atoms with E-state index < -0.39 is 6.10 Å². The van der Waals surface area contributed by atoms with E-state index in [2.05, 4.69) is 9.97 Å². The number of nitrogens with zero attached hydrogens (tertiary/aromatic N) is 1. The smallest absolute Gasteiger partial charge is 0.135 e. The number of hydrogen-bond acceptors (Lipinski definition) is 2. The van der Waals surface area contributed by atoms with Gasteiger partial charge in [-0.15, -0.1) is 11.6 Å². The van der Waals surface area contributed by atoms with Gasteiger partial charge in [0, 0.05) is 18.3 Å². The van der Waals surface area contributed by atoms with Crippen LogP contribution < -0.4 is 0 Å². The number of nitrogens with one attached hydrogen (secondary N) is 1. The lowest BCUT2D eigenvalue weighted by Gasteiger charge is -2.02. The molecule has 0 saturated carbocycles. The topological polar surface area (TPSA) is 48.9 Å². The van der Waals surface area contributed by atoms with Crippen LogP contribution in [0.4, 0.5) is 0 Å². The highest BCUT2D eigenvalue weighted by molar-refractivity contribution is 6.17. The van der Waals surface area contributed by atoms with E-state index in [9.17, 15) is 5.11 Å². The van der Waals surface area contributed by atoms with Gasteiger partial charge in [0.2, 0.25) is 0 Å². The van der Waals surface area contributed by atoms with Crippen molar-refractivity contribution in [2.24, 2.45) is 0 Å². The number of hydrogen-bond donors (Lipinski definition) is 2. The van der Waals surface area contributed by atoms with Gasteiger partial charge < -0.3 is 10.1 Å². The molecule has 0 aromatic carbocycles. The Bertz CT molecular complexity index is 176. The molecule has 56 valence electrons. The molecule has 1 aromatic heterocycles. The molecule has 1 atom stereocenters. The van der Waals surface area contributed by atoms with Crippen molar-refractivity contribution >= 4 is 11.6 Å². The van der Waals surface area contributed by atoms with Gasteiger partial charge in [-0.2, -0.15) is 0 Å². The van der Waals surface area contributed by atoms with Gasteiger partial charge in [0.1, 0.15) is 11.9 Å². The number of halogens is 1. The quantitative estimate of drug-likeness (QED) is 0.650. The Hall–Kier alpha value is -0.540. The van der Waals surface area contributed by atoms with Crippen LogP contribution in [0, 0.1) is 0 Å². The average molecular weight is 161 g/mol. The van der Waals surface area contributed by atoms with Gasteiger partial charge in [0.15, 0.2) is 0 Å². The lowest BCUT2D eigenvalue weighted by atomic mass is 10.3. The molecule has 10 heavy (non-hydrogen) atoms. The second kappa shape index (κ2) is 3.58. The van der Waals surface area contributed by atoms with Gasteiger partial charge >= 0.3 is 0 Å². The van der Waals surface area contributed by atoms with Crippen molar-refractivity contribution in [3.05, 3.63) is 18.2 Å². The molecule has 0 radical (unpaired) electrons. The largest absolute Gasteiger partial charge is 0.385 e. The summed E-state index contributed by atoms with van der Waals surface area (Å²) in [7, 11) is 0. The summed E-state index contributed by atoms with van der Waals surface area (Å²) in [5.41, 5.74) is 0. The number of alkyl halides is 1. The Morgan fingerprint density at radius 2 is 2.60 bits per heavy atom. The summed E-state index contributed by atoms with van der Waals surface area (Å²) in [6.45, 7) is 0. The van der Waals surface area contributed by atoms with Crippen molar-refractivity contribution in [1.82, 2.24) is 9.97 Å². The first-order valence-corrected chi connectivity index (χ1v) is 3.61. The molecule has 1 rings (SSSR count). The molecule has 2 N–H and O–H groups in total. The lowest BCUT2D eigenvalue weighted by Crippen LogP contribution is -1.99. The maximum absolute atomic E-state index is 9.23. The van der Waals surface area contributed by atoms with E-state index >= 15 is 0 Å². The molecule has 0 saturated heterocycles. The molecule has 4 heteroatoms. The molecule has 0 fully saturated rings. The zero-order chi connectivity index (χ0) is 7.40. The molecule has 0 spiro atoms. The van der Waals surface area contributed by atoms with E-state index in [0.717, 1.165) is 0 Å². The fraction of sp³-hybridized carbons (Fsp3) is 0.500. The van der Waals surface area contributed by atoms with E-state index in [1.54, 1.807) is 12.4 Å². The van der Waals surface area contributed by atoms with Crippen LogP contribution in [0.3, 0.4) is 0 Å². The molecule has 0 aliphatic rings. The summed E-state index contributed by atoms with van der Waals surface area (Å²) < 4.78 is 0. The Kier molecular flexibility index (Phi) is 2.71. The summed E-state index contributed by atoms with van der Waals surface area (Å²) in [4.78, 5) is 6.67. The number of aromatic nitrogens is 2. The van der Waals surface area contributed by atoms with E-state index in [4.69, 9.17) is 11.6 Å². The third-order valence-corrected chi connectivity index (χ3v) is 1.44. The first-order chi connectivity index (χ1) is 4.84. The van der Waals surface area contributed by atoms with Crippen LogP contribution in [0.1, 0.15) is 18.3 Å². The second-order valence-corrected chi connectivity index (χ2v) is 2.35. The van der Waals surface area contributed by atoms with Crippen LogP contribution in [0.15, 0.2) is 12.4 Å². The number of rotatable bonds is 3. The van der Waals surface area contributed by atoms with Crippen molar-refractivity contribution in [2.75, 3.05) is 5.88 Å². The molecule has 0 aliphatic carbocycles. The minimum Gasteiger partial charge on any atom is -0.385 e. The number of aliphatic hydroxyl groups excluding tert-OH is 1. The lowest BCUT2D eigenvalue weighted by molar-refractivity contribution is 0.165. The third-order valence-electron chi connectivity index (χ3n) is 1.22. The van der Waals surface area contributed by atoms with E-state index in [-0.39, 0.29) is 0 Å². The Morgan fingerprint density at radius 1 is 1.80 bits per heavy atom. The number of imidazole rings is 1. The predicted molar refractivity (Wildman–Crippen MR) is 38.9 cm³/mol. The highest BCUT2D eigenvalue weighted by Gasteiger charge is 2.07. The summed E-state index contributed by atoms with van der Waals surface area (Å²) >= 11 is 5.41. The third kappa shape index (κ3) is 1.72. The average Bonchev–Trinajstić information content (AvgIpc) is 2.38. The van der Waals surface area contributed by atoms with E-state index in [1.165, 1.54) is 0 Å². The maximum Gasteiger partial charge on any atom is 0.135 e. The Balaban J connectivity index is 2.50. The fourth-order valence-electron chi connectivity index (χ4n) is 0.700. The van der Waals surface area contributed by atoms with Crippen LogP contribution in [0.2, 0.25) is 0 Å². The molecule has 1 unspecified atom stereocenters. The van der Waals surface area contributed by atoms with E-state index in [0.29, 0.717) is 18.1 Å². The molecule has 0 aliphatic heterocycles. The van der Waals surface area contributed by atoms with Gasteiger partial charge in [-0.1, -0.05) is 0 Å². The number of aromatic amines is 1. The first-order valence-electron chi connectivity index (χ1n) is 3.08. The Morgan fingerprint density at radius 3 is 3.10 bits per heavy atom. The van der Waals surface area contributed by atoms with Crippen LogP contribution in [0.25, 0.3) is 0 Å². The molecule has 0 amide bonds. The normalized spacial score (nSPS) is 13.4. The van der Waals surface area contributed by atoms with Gasteiger partial charge in [-0.25, -0.2) is 4.98 Å². The summed E-state index contributed by atoms with van der Waals surface area (Å²) in [5.74, 6) is 1.03. The van der Waals surface area contributed by atoms with Crippen LogP contribution in [-0.4, -0.2) is 21.0 Å². The molecular weight excluding hydrogens is 152 g/mol. The molecular formula is C6H9ClN2O. The number of H-pyrrole nitrogens is 1. The monoisotopic (exact) mass is 160 g/mol. The zero-order valence-corrected chi connectivity index (χ0v) is 6.17. The van der Waals surface area contributed by atoms with Crippen LogP contribution in [0.5, 0.6) is 0 Å². The molecule has 1 heterocycles. The highest BCUT2D eigenvalue weighted by Crippen LogP contribution is 2.10. The zero-order valence-electron chi connectivity index (χ0n) is 5.42. The molecule has 3 nitrogen and oxygen atoms in total. The van der Waals surface area contributed by atoms with Gasteiger partial charge in [-0.05, 0) is 6.42 Å². The van der Waals surface area contributed by atoms with Crippen LogP contribution in [-0.2, 0) is 0 Å². The summed E-state index contributed by atoms with van der Waals surface area (Å²) in [6, 6.07) is 0. The standard InChI is InChI=1S/C6H9ClN2O/c7-2-1-5(10)6-8-3-4-9-6/h3-5,10H,1-2H2,(H,8,9). The van der Waals surface area contributed by atoms with E-state index in [1.807, 2.05) is 0 Å². The van der Waals surface area contributed by atoms with Crippen molar-refractivity contribution in [1.29, 1.82) is 0 Å². The Labute approximate surface area is 64.1 Å². The second-order valence-electron chi connectivity index (χ2n) is 1.97. The van der Waals surface area contributed by atoms with Gasteiger partial charge in [-0.3, -0.25) is 0 Å². The van der Waals surface area contributed by atoms with Crippen molar-refractivity contribution < 1.29 is 5.11 Å². The predicted octanol–water partition coefficient (Wildman–Crippen LogP) is 1.07. The van der Waals surface area contributed by atoms with Crippen molar-refractivity contribution in [3.8, 4) is 0 Å². The molecule has 1 aromatic rings. The van der Waals surface area contributed by atoms with Crippen LogP contribution >= 0.6 is 11.6 Å². The minimum atomic E-state index is -0.549. The van der Waals surface area contributed by atoms with Crippen molar-refractivity contribution in [3.63, 3.8) is 0 Å². The van der Waals surface area contributed by atoms with Crippen molar-refractivity contribution in [2.45, 2.75) is 12.5 Å². The first kappa shape index (κ1) is 7.57. The maximum atomic E-state index is 9.23. The SMILES string of the molecule is OC(CCCl)c1ncc[nH]1. The highest BCUT2D eigenvalue weighted by atomic mass is 35.5. The van der Waals surface area contributed by atoms with Gasteiger partial charge in [0.25, 0.3) is 0 Å². The number of aliphatic hydroxyl groups is 1. The fourth-order valence-corrected chi connectivity index (χ4v) is 0.906. The minimum absolute atomic E-state index is 0.446. The summed E-state index contributed by atoms with van der Waals surface area (Å²) in [6.07, 6.45) is 3.27. The molecule has 0 bridgehead atoms. The summed E-state index contributed by atoms with van der Waals surface area (Å²) in [5, 5.41) is 9.23. The van der Waals surface area contributed by atoms with Gasteiger partial charge in [0.05, 0.1) is 0 Å².